The van der Waals surface area contributed by atoms with Crippen LogP contribution in [-0.2, 0) is 27.4 Å². The lowest BCUT2D eigenvalue weighted by atomic mass is 9.99. The fourth-order valence-electron chi connectivity index (χ4n) is 3.09. The van der Waals surface area contributed by atoms with Crippen molar-refractivity contribution < 1.29 is 14.2 Å². The number of hydrogen-bond donors (Lipinski definition) is 0. The molecule has 0 unspecified atom stereocenters. The summed E-state index contributed by atoms with van der Waals surface area (Å²) in [5.41, 5.74) is 2.36. The molecule has 0 bridgehead atoms. The third-order valence-electron chi connectivity index (χ3n) is 4.56. The summed E-state index contributed by atoms with van der Waals surface area (Å²) in [5, 5.41) is 0.766. The maximum absolute atomic E-state index is 6.17. The highest BCUT2D eigenvalue weighted by molar-refractivity contribution is 9.09. The van der Waals surface area contributed by atoms with Crippen LogP contribution < -0.4 is 0 Å². The molecule has 3 nitrogen and oxygen atoms in total. The molecule has 4 heteroatoms. The van der Waals surface area contributed by atoms with E-state index in [1.807, 2.05) is 36.4 Å². The number of hydrogen-bond acceptors (Lipinski definition) is 3. The second-order valence-electron chi connectivity index (χ2n) is 6.44. The van der Waals surface area contributed by atoms with E-state index in [4.69, 9.17) is 14.2 Å². The zero-order valence-corrected chi connectivity index (χ0v) is 16.1. The van der Waals surface area contributed by atoms with E-state index in [9.17, 15) is 0 Å². The van der Waals surface area contributed by atoms with Crippen LogP contribution in [0.2, 0.25) is 0 Å². The van der Waals surface area contributed by atoms with Crippen molar-refractivity contribution in [1.29, 1.82) is 0 Å². The molecule has 1 fully saturated rings. The number of ether oxygens (including phenoxy) is 3. The predicted octanol–water partition coefficient (Wildman–Crippen LogP) is 4.73. The summed E-state index contributed by atoms with van der Waals surface area (Å²) >= 11 is 3.55. The van der Waals surface area contributed by atoms with Gasteiger partial charge in [-0.15, -0.1) is 0 Å². The molecule has 2 aromatic rings. The molecule has 25 heavy (non-hydrogen) atoms. The van der Waals surface area contributed by atoms with Gasteiger partial charge in [-0.2, -0.15) is 0 Å². The molecule has 1 aliphatic rings. The number of halogens is 1. The van der Waals surface area contributed by atoms with Crippen LogP contribution in [0, 0.1) is 0 Å². The maximum Gasteiger partial charge on any atom is 0.0939 e. The molecule has 0 aromatic heterocycles. The summed E-state index contributed by atoms with van der Waals surface area (Å²) in [6.45, 7) is 3.28. The van der Waals surface area contributed by atoms with Gasteiger partial charge in [-0.3, -0.25) is 0 Å². The minimum atomic E-state index is 0.0246. The van der Waals surface area contributed by atoms with Crippen LogP contribution in [0.5, 0.6) is 0 Å². The van der Waals surface area contributed by atoms with E-state index in [-0.39, 0.29) is 24.4 Å². The highest BCUT2D eigenvalue weighted by atomic mass is 79.9. The Bertz CT molecular complexity index is 620. The smallest absolute Gasteiger partial charge is 0.0939 e. The van der Waals surface area contributed by atoms with Gasteiger partial charge < -0.3 is 14.2 Å². The van der Waals surface area contributed by atoms with Crippen molar-refractivity contribution in [3.05, 3.63) is 71.8 Å². The van der Waals surface area contributed by atoms with Crippen LogP contribution in [0.3, 0.4) is 0 Å². The van der Waals surface area contributed by atoms with Crippen molar-refractivity contribution in [2.75, 3.05) is 5.33 Å². The van der Waals surface area contributed by atoms with E-state index in [2.05, 4.69) is 47.1 Å². The Morgan fingerprint density at radius 1 is 0.880 bits per heavy atom. The third-order valence-corrected chi connectivity index (χ3v) is 5.20. The number of rotatable bonds is 7. The van der Waals surface area contributed by atoms with E-state index >= 15 is 0 Å². The molecule has 0 amide bonds. The van der Waals surface area contributed by atoms with Crippen molar-refractivity contribution in [1.82, 2.24) is 0 Å². The summed E-state index contributed by atoms with van der Waals surface area (Å²) in [5.74, 6) is 0. The topological polar surface area (TPSA) is 27.7 Å². The van der Waals surface area contributed by atoms with Crippen LogP contribution in [0.15, 0.2) is 60.7 Å². The van der Waals surface area contributed by atoms with Crippen molar-refractivity contribution >= 4 is 15.9 Å². The van der Waals surface area contributed by atoms with Gasteiger partial charge in [-0.05, 0) is 18.1 Å². The maximum atomic E-state index is 6.17. The number of benzene rings is 2. The monoisotopic (exact) mass is 404 g/mol. The molecule has 0 aliphatic carbocycles. The van der Waals surface area contributed by atoms with Crippen molar-refractivity contribution in [2.45, 2.75) is 51.0 Å². The molecule has 0 spiro atoms. The van der Waals surface area contributed by atoms with Crippen LogP contribution in [0.25, 0.3) is 0 Å². The SMILES string of the molecule is C[C@@H]1O[C@@H](CBr)[C@H](OCc2ccccc2)C[C@H]1OCc1ccccc1. The Kier molecular flexibility index (Phi) is 7.05. The van der Waals surface area contributed by atoms with Gasteiger partial charge in [0, 0.05) is 11.8 Å². The van der Waals surface area contributed by atoms with E-state index < -0.39 is 0 Å². The van der Waals surface area contributed by atoms with E-state index in [1.54, 1.807) is 0 Å². The quantitative estimate of drug-likeness (QED) is 0.624. The molecule has 0 saturated carbocycles. The Balaban J connectivity index is 1.57. The zero-order chi connectivity index (χ0) is 17.5. The van der Waals surface area contributed by atoms with E-state index in [0.29, 0.717) is 13.2 Å². The van der Waals surface area contributed by atoms with Crippen LogP contribution in [0.1, 0.15) is 24.5 Å². The van der Waals surface area contributed by atoms with Gasteiger partial charge >= 0.3 is 0 Å². The molecule has 0 N–H and O–H groups in total. The summed E-state index contributed by atoms with van der Waals surface area (Å²) < 4.78 is 18.4. The summed E-state index contributed by atoms with van der Waals surface area (Å²) in [7, 11) is 0. The summed E-state index contributed by atoms with van der Waals surface area (Å²) in [4.78, 5) is 0. The van der Waals surface area contributed by atoms with Gasteiger partial charge in [0.05, 0.1) is 37.6 Å². The average Bonchev–Trinajstić information content (AvgIpc) is 2.67. The van der Waals surface area contributed by atoms with E-state index in [1.165, 1.54) is 11.1 Å². The highest BCUT2D eigenvalue weighted by Crippen LogP contribution is 2.27. The van der Waals surface area contributed by atoms with Crippen molar-refractivity contribution in [3.8, 4) is 0 Å². The average molecular weight is 405 g/mol. The lowest BCUT2D eigenvalue weighted by Gasteiger charge is -2.39. The third kappa shape index (κ3) is 5.38. The molecular weight excluding hydrogens is 380 g/mol. The minimum Gasteiger partial charge on any atom is -0.371 e. The lowest BCUT2D eigenvalue weighted by molar-refractivity contribution is -0.189. The first kappa shape index (κ1) is 18.6. The van der Waals surface area contributed by atoms with Crippen molar-refractivity contribution in [2.24, 2.45) is 0 Å². The number of alkyl halides is 1. The Morgan fingerprint density at radius 3 is 1.92 bits per heavy atom. The Labute approximate surface area is 158 Å². The van der Waals surface area contributed by atoms with Gasteiger partial charge in [0.1, 0.15) is 0 Å². The largest absolute Gasteiger partial charge is 0.371 e. The van der Waals surface area contributed by atoms with Crippen LogP contribution in [0.4, 0.5) is 0 Å². The van der Waals surface area contributed by atoms with Gasteiger partial charge in [-0.1, -0.05) is 76.6 Å². The molecule has 1 saturated heterocycles. The first-order chi connectivity index (χ1) is 12.3. The second kappa shape index (κ2) is 9.48. The molecule has 1 aliphatic heterocycles. The van der Waals surface area contributed by atoms with Gasteiger partial charge in [0.15, 0.2) is 0 Å². The summed E-state index contributed by atoms with van der Waals surface area (Å²) in [6, 6.07) is 20.5. The zero-order valence-electron chi connectivity index (χ0n) is 14.5. The standard InChI is InChI=1S/C21H25BrO3/c1-16-19(23-14-17-8-4-2-5-9-17)12-20(21(13-22)25-16)24-15-18-10-6-3-7-11-18/h2-11,16,19-21H,12-15H2,1H3/t16-,19+,20+,21-/m0/s1. The Hall–Kier alpha value is -1.20. The molecular formula is C21H25BrO3. The lowest BCUT2D eigenvalue weighted by Crippen LogP contribution is -2.48. The van der Waals surface area contributed by atoms with Gasteiger partial charge in [0.2, 0.25) is 0 Å². The fourth-order valence-corrected chi connectivity index (χ4v) is 3.66. The Morgan fingerprint density at radius 2 is 1.40 bits per heavy atom. The second-order valence-corrected chi connectivity index (χ2v) is 7.09. The highest BCUT2D eigenvalue weighted by Gasteiger charge is 2.36. The molecule has 0 radical (unpaired) electrons. The summed E-state index contributed by atoms with van der Waals surface area (Å²) in [6.07, 6.45) is 1.02. The van der Waals surface area contributed by atoms with Gasteiger partial charge in [-0.25, -0.2) is 0 Å². The minimum absolute atomic E-state index is 0.0246. The molecule has 4 atom stereocenters. The van der Waals surface area contributed by atoms with Crippen molar-refractivity contribution in [3.63, 3.8) is 0 Å². The van der Waals surface area contributed by atoms with Crippen LogP contribution >= 0.6 is 15.9 Å². The fraction of sp³-hybridized carbons (Fsp3) is 0.429. The molecule has 134 valence electrons. The predicted molar refractivity (Wildman–Crippen MR) is 103 cm³/mol. The first-order valence-electron chi connectivity index (χ1n) is 8.78. The van der Waals surface area contributed by atoms with E-state index in [0.717, 1.165) is 11.8 Å². The first-order valence-corrected chi connectivity index (χ1v) is 9.91. The van der Waals surface area contributed by atoms with Crippen LogP contribution in [-0.4, -0.2) is 29.7 Å². The molecule has 2 aromatic carbocycles. The normalized spacial score (nSPS) is 26.5. The molecule has 3 rings (SSSR count). The molecule has 1 heterocycles. The van der Waals surface area contributed by atoms with Gasteiger partial charge in [0.25, 0.3) is 0 Å².